The van der Waals surface area contributed by atoms with Gasteiger partial charge in [-0.05, 0) is 24.3 Å². The second-order valence-electron chi connectivity index (χ2n) is 5.13. The average molecular weight is 340 g/mol. The van der Waals surface area contributed by atoms with Crippen molar-refractivity contribution in [2.75, 3.05) is 7.11 Å². The number of ketones is 1. The maximum atomic E-state index is 12.7. The van der Waals surface area contributed by atoms with E-state index >= 15 is 0 Å². The number of imidazole rings is 1. The number of carbonyl (C=O) groups is 2. The number of nitrogens with two attached hydrogens (primary N) is 1. The summed E-state index contributed by atoms with van der Waals surface area (Å²) in [6.45, 7) is 0. The highest BCUT2D eigenvalue weighted by Gasteiger charge is 2.21. The topological polar surface area (TPSA) is 130 Å². The number of ether oxygens (including phenoxy) is 1. The third-order valence-corrected chi connectivity index (χ3v) is 3.65. The summed E-state index contributed by atoms with van der Waals surface area (Å²) >= 11 is 0. The van der Waals surface area contributed by atoms with Crippen molar-refractivity contribution in [3.05, 3.63) is 69.8 Å². The number of amides is 1. The molecule has 0 saturated carbocycles. The van der Waals surface area contributed by atoms with Crippen molar-refractivity contribution >= 4 is 22.9 Å². The molecule has 0 bridgehead atoms. The second kappa shape index (κ2) is 6.04. The molecule has 2 N–H and O–H groups in total. The summed E-state index contributed by atoms with van der Waals surface area (Å²) in [5, 5.41) is 10.9. The molecule has 3 rings (SSSR count). The summed E-state index contributed by atoms with van der Waals surface area (Å²) in [6, 6.07) is 6.93. The summed E-state index contributed by atoms with van der Waals surface area (Å²) in [7, 11) is 1.28. The Bertz CT molecular complexity index is 1020. The van der Waals surface area contributed by atoms with Gasteiger partial charge in [-0.3, -0.25) is 24.1 Å². The van der Waals surface area contributed by atoms with Crippen LogP contribution < -0.4 is 10.5 Å². The van der Waals surface area contributed by atoms with Crippen molar-refractivity contribution in [3.63, 3.8) is 0 Å². The fraction of sp³-hybridized carbons (Fsp3) is 0.0625. The molecular formula is C16H12N4O5. The monoisotopic (exact) mass is 340 g/mol. The molecule has 126 valence electrons. The molecule has 1 amide bonds. The van der Waals surface area contributed by atoms with E-state index in [0.717, 1.165) is 0 Å². The number of aromatic nitrogens is 2. The normalized spacial score (nSPS) is 10.6. The van der Waals surface area contributed by atoms with E-state index < -0.39 is 16.6 Å². The Morgan fingerprint density at radius 2 is 1.96 bits per heavy atom. The summed E-state index contributed by atoms with van der Waals surface area (Å²) in [5.41, 5.74) is 6.00. The van der Waals surface area contributed by atoms with Crippen LogP contribution >= 0.6 is 0 Å². The van der Waals surface area contributed by atoms with E-state index in [-0.39, 0.29) is 28.4 Å². The highest BCUT2D eigenvalue weighted by molar-refractivity contribution is 6.07. The summed E-state index contributed by atoms with van der Waals surface area (Å²) in [6.07, 6.45) is 2.89. The minimum atomic E-state index is -0.633. The van der Waals surface area contributed by atoms with Gasteiger partial charge >= 0.3 is 5.69 Å². The van der Waals surface area contributed by atoms with Gasteiger partial charge in [-0.1, -0.05) is 0 Å². The van der Waals surface area contributed by atoms with E-state index in [1.165, 1.54) is 48.2 Å². The summed E-state index contributed by atoms with van der Waals surface area (Å²) < 4.78 is 6.41. The van der Waals surface area contributed by atoms with Crippen LogP contribution in [0.2, 0.25) is 0 Å². The predicted molar refractivity (Wildman–Crippen MR) is 86.8 cm³/mol. The Morgan fingerprint density at radius 3 is 2.60 bits per heavy atom. The molecule has 0 radical (unpaired) electrons. The van der Waals surface area contributed by atoms with Crippen LogP contribution in [-0.2, 0) is 0 Å². The first-order valence-electron chi connectivity index (χ1n) is 7.06. The van der Waals surface area contributed by atoms with Gasteiger partial charge in [-0.2, -0.15) is 0 Å². The lowest BCUT2D eigenvalue weighted by Crippen LogP contribution is -2.13. The number of primary amides is 1. The molecule has 1 aromatic carbocycles. The lowest BCUT2D eigenvalue weighted by molar-refractivity contribution is -0.385. The molecule has 0 aliphatic rings. The van der Waals surface area contributed by atoms with E-state index in [1.807, 2.05) is 0 Å². The maximum Gasteiger partial charge on any atom is 0.310 e. The number of fused-ring (bicyclic) bond motifs is 1. The molecule has 9 nitrogen and oxygen atoms in total. The van der Waals surface area contributed by atoms with Crippen LogP contribution in [-0.4, -0.2) is 33.1 Å². The number of methoxy groups -OCH3 is 1. The number of hydrogen-bond donors (Lipinski definition) is 1. The van der Waals surface area contributed by atoms with Crippen molar-refractivity contribution in [1.82, 2.24) is 9.38 Å². The largest absolute Gasteiger partial charge is 0.490 e. The van der Waals surface area contributed by atoms with Gasteiger partial charge in [0.05, 0.1) is 29.3 Å². The number of nitro groups is 1. The molecule has 0 atom stereocenters. The lowest BCUT2D eigenvalue weighted by Gasteiger charge is -2.05. The Labute approximate surface area is 140 Å². The molecular weight excluding hydrogens is 328 g/mol. The van der Waals surface area contributed by atoms with Gasteiger partial charge < -0.3 is 10.5 Å². The van der Waals surface area contributed by atoms with Gasteiger partial charge in [0, 0.05) is 17.8 Å². The number of nitrogens with zero attached hydrogens (tertiary/aromatic N) is 3. The average Bonchev–Trinajstić information content (AvgIpc) is 3.03. The van der Waals surface area contributed by atoms with Crippen LogP contribution in [0, 0.1) is 10.1 Å². The number of hydrogen-bond acceptors (Lipinski definition) is 6. The van der Waals surface area contributed by atoms with Gasteiger partial charge in [-0.25, -0.2) is 4.98 Å². The zero-order valence-corrected chi connectivity index (χ0v) is 13.0. The first-order chi connectivity index (χ1) is 11.9. The molecule has 0 aliphatic heterocycles. The highest BCUT2D eigenvalue weighted by atomic mass is 16.6. The van der Waals surface area contributed by atoms with Crippen LogP contribution in [0.15, 0.2) is 42.7 Å². The molecule has 2 heterocycles. The minimum Gasteiger partial charge on any atom is -0.490 e. The van der Waals surface area contributed by atoms with Crippen LogP contribution in [0.5, 0.6) is 5.75 Å². The van der Waals surface area contributed by atoms with Crippen LogP contribution in [0.3, 0.4) is 0 Å². The van der Waals surface area contributed by atoms with Crippen LogP contribution in [0.25, 0.3) is 5.52 Å². The third-order valence-electron chi connectivity index (χ3n) is 3.65. The second-order valence-corrected chi connectivity index (χ2v) is 5.13. The Hall–Kier alpha value is -3.75. The van der Waals surface area contributed by atoms with Crippen molar-refractivity contribution in [2.24, 2.45) is 5.73 Å². The van der Waals surface area contributed by atoms with Gasteiger partial charge in [0.1, 0.15) is 0 Å². The lowest BCUT2D eigenvalue weighted by atomic mass is 10.1. The van der Waals surface area contributed by atoms with Crippen molar-refractivity contribution in [3.8, 4) is 5.75 Å². The molecule has 2 aromatic heterocycles. The first kappa shape index (κ1) is 16.1. The molecule has 0 saturated heterocycles. The molecule has 9 heteroatoms. The smallest absolute Gasteiger partial charge is 0.310 e. The fourth-order valence-corrected chi connectivity index (χ4v) is 2.40. The van der Waals surface area contributed by atoms with Gasteiger partial charge in [0.25, 0.3) is 0 Å². The zero-order valence-electron chi connectivity index (χ0n) is 13.0. The minimum absolute atomic E-state index is 0.0328. The Balaban J connectivity index is 2.09. The van der Waals surface area contributed by atoms with Crippen molar-refractivity contribution in [2.45, 2.75) is 0 Å². The van der Waals surface area contributed by atoms with Crippen LogP contribution in [0.4, 0.5) is 5.69 Å². The third kappa shape index (κ3) is 2.78. The first-order valence-corrected chi connectivity index (χ1v) is 7.06. The maximum absolute atomic E-state index is 12.7. The predicted octanol–water partition coefficient (Wildman–Crippen LogP) is 1.58. The molecule has 0 spiro atoms. The summed E-state index contributed by atoms with van der Waals surface area (Å²) in [4.78, 5) is 38.5. The molecule has 0 unspecified atom stereocenters. The van der Waals surface area contributed by atoms with Crippen molar-refractivity contribution < 1.29 is 19.2 Å². The number of rotatable bonds is 5. The Morgan fingerprint density at radius 1 is 1.24 bits per heavy atom. The number of pyridine rings is 1. The van der Waals surface area contributed by atoms with Gasteiger partial charge in [0.15, 0.2) is 11.6 Å². The van der Waals surface area contributed by atoms with E-state index in [0.29, 0.717) is 5.52 Å². The van der Waals surface area contributed by atoms with Crippen LogP contribution in [0.1, 0.15) is 26.5 Å². The highest BCUT2D eigenvalue weighted by Crippen LogP contribution is 2.28. The number of carbonyl (C=O) groups excluding carboxylic acids is 2. The summed E-state index contributed by atoms with van der Waals surface area (Å²) in [5.74, 6) is -1.09. The number of benzene rings is 1. The van der Waals surface area contributed by atoms with E-state index in [1.54, 1.807) is 6.07 Å². The van der Waals surface area contributed by atoms with E-state index in [2.05, 4.69) is 4.98 Å². The van der Waals surface area contributed by atoms with Gasteiger partial charge in [-0.15, -0.1) is 0 Å². The molecule has 3 aromatic rings. The zero-order chi connectivity index (χ0) is 18.1. The Kier molecular flexibility index (Phi) is 3.89. The van der Waals surface area contributed by atoms with E-state index in [9.17, 15) is 19.7 Å². The fourth-order valence-electron chi connectivity index (χ4n) is 2.40. The standard InChI is InChI=1S/C16H12N4O5/c1-25-13-6-9(3-5-12(13)20(23)24)14(21)16-18-7-11-4-2-10(15(17)22)8-19(11)16/h2-8H,1H3,(H2,17,22). The molecule has 0 fully saturated rings. The quantitative estimate of drug-likeness (QED) is 0.426. The molecule has 25 heavy (non-hydrogen) atoms. The van der Waals surface area contributed by atoms with Crippen molar-refractivity contribution in [1.29, 1.82) is 0 Å². The number of nitro benzene ring substituents is 1. The van der Waals surface area contributed by atoms with E-state index in [4.69, 9.17) is 10.5 Å². The van der Waals surface area contributed by atoms with Gasteiger partial charge in [0.2, 0.25) is 11.7 Å². The molecule has 0 aliphatic carbocycles. The SMILES string of the molecule is COc1cc(C(=O)c2ncc3ccc(C(N)=O)cn23)ccc1[N+](=O)[O-].